The van der Waals surface area contributed by atoms with Gasteiger partial charge in [0.25, 0.3) is 0 Å². The number of nitrogens with zero attached hydrogens (tertiary/aromatic N) is 2. The predicted octanol–water partition coefficient (Wildman–Crippen LogP) is 5.31. The Bertz CT molecular complexity index is 1370. The molecular formula is C25H21N2O2S+. The first kappa shape index (κ1) is 18.6. The standard InChI is InChI=1S/C25H21N2O2S/c1-17-15-27-22-13-12-21(29-2)14-24(22)30-25(27)26(17)16-23(28)20-10-8-19(9-11-20)18-6-4-3-5-7-18/h3-15H,16H2,1-2H3/q+1. The second kappa shape index (κ2) is 7.43. The molecule has 0 amide bonds. The average Bonchev–Trinajstić information content (AvgIpc) is 3.29. The third-order valence-electron chi connectivity index (χ3n) is 5.42. The van der Waals surface area contributed by atoms with Crippen molar-refractivity contribution in [2.45, 2.75) is 13.5 Å². The van der Waals surface area contributed by atoms with Gasteiger partial charge in [-0.1, -0.05) is 54.6 Å². The van der Waals surface area contributed by atoms with Crippen LogP contribution >= 0.6 is 11.3 Å². The Morgan fingerprint density at radius 1 is 1.00 bits per heavy atom. The number of imidazole rings is 1. The number of hydrogen-bond donors (Lipinski definition) is 0. The summed E-state index contributed by atoms with van der Waals surface area (Å²) in [7, 11) is 1.67. The van der Waals surface area contributed by atoms with E-state index in [9.17, 15) is 4.79 Å². The maximum absolute atomic E-state index is 13.0. The number of carbonyl (C=O) groups is 1. The van der Waals surface area contributed by atoms with Crippen LogP contribution in [0.15, 0.2) is 79.0 Å². The number of aryl methyl sites for hydroxylation is 1. The predicted molar refractivity (Wildman–Crippen MR) is 120 cm³/mol. The average molecular weight is 414 g/mol. The molecule has 0 saturated heterocycles. The summed E-state index contributed by atoms with van der Waals surface area (Å²) in [6, 6.07) is 24.1. The number of aromatic nitrogens is 2. The van der Waals surface area contributed by atoms with Crippen molar-refractivity contribution in [1.29, 1.82) is 0 Å². The van der Waals surface area contributed by atoms with Gasteiger partial charge in [0, 0.05) is 18.6 Å². The van der Waals surface area contributed by atoms with E-state index in [1.165, 1.54) is 0 Å². The Hall–Kier alpha value is -3.44. The lowest BCUT2D eigenvalue weighted by Crippen LogP contribution is -2.17. The van der Waals surface area contributed by atoms with E-state index in [2.05, 4.69) is 33.4 Å². The minimum absolute atomic E-state index is 0.103. The third kappa shape index (κ3) is 3.17. The smallest absolute Gasteiger partial charge is 0.347 e. The zero-order chi connectivity index (χ0) is 20.7. The van der Waals surface area contributed by atoms with Crippen LogP contribution in [0, 0.1) is 6.92 Å². The summed E-state index contributed by atoms with van der Waals surface area (Å²) in [6.07, 6.45) is 2.09. The number of fused-ring (bicyclic) bond motifs is 3. The van der Waals surface area contributed by atoms with Crippen LogP contribution in [0.1, 0.15) is 16.1 Å². The molecule has 0 atom stereocenters. The lowest BCUT2D eigenvalue weighted by Gasteiger charge is -2.04. The van der Waals surface area contributed by atoms with Crippen molar-refractivity contribution in [2.24, 2.45) is 0 Å². The highest BCUT2D eigenvalue weighted by molar-refractivity contribution is 7.23. The Kier molecular flexibility index (Phi) is 4.60. The highest BCUT2D eigenvalue weighted by atomic mass is 32.1. The Morgan fingerprint density at radius 3 is 2.47 bits per heavy atom. The molecule has 5 heteroatoms. The zero-order valence-electron chi connectivity index (χ0n) is 16.8. The molecule has 5 rings (SSSR count). The number of hydrogen-bond acceptors (Lipinski definition) is 3. The normalized spacial score (nSPS) is 11.3. The van der Waals surface area contributed by atoms with E-state index < -0.39 is 0 Å². The summed E-state index contributed by atoms with van der Waals surface area (Å²) in [5.74, 6) is 0.940. The molecule has 148 valence electrons. The number of rotatable bonds is 5. The van der Waals surface area contributed by atoms with Crippen LogP contribution < -0.4 is 9.14 Å². The number of methoxy groups -OCH3 is 1. The molecule has 2 aromatic heterocycles. The Balaban J connectivity index is 1.46. The summed E-state index contributed by atoms with van der Waals surface area (Å²) in [4.78, 5) is 14.1. The summed E-state index contributed by atoms with van der Waals surface area (Å²) in [5.41, 5.74) is 5.17. The van der Waals surface area contributed by atoms with E-state index in [1.807, 2.05) is 61.5 Å². The van der Waals surface area contributed by atoms with Crippen LogP contribution in [0.3, 0.4) is 0 Å². The van der Waals surface area contributed by atoms with Crippen LogP contribution in [0.2, 0.25) is 0 Å². The molecule has 30 heavy (non-hydrogen) atoms. The first-order valence-electron chi connectivity index (χ1n) is 9.81. The van der Waals surface area contributed by atoms with Crippen molar-refractivity contribution < 1.29 is 13.9 Å². The SMILES string of the molecule is COc1ccc2c(c1)sc1n(CC(=O)c3ccc(-c4ccccc4)cc3)c(C)c[n+]21. The minimum atomic E-state index is 0.103. The van der Waals surface area contributed by atoms with Gasteiger partial charge in [-0.3, -0.25) is 4.79 Å². The molecule has 0 aliphatic carbocycles. The molecule has 3 aromatic carbocycles. The summed E-state index contributed by atoms with van der Waals surface area (Å²) in [5, 5.41) is 0. The van der Waals surface area contributed by atoms with Crippen molar-refractivity contribution in [3.8, 4) is 16.9 Å². The molecule has 0 N–H and O–H groups in total. The summed E-state index contributed by atoms with van der Waals surface area (Å²) in [6.45, 7) is 2.36. The van der Waals surface area contributed by atoms with Crippen molar-refractivity contribution in [2.75, 3.05) is 7.11 Å². The van der Waals surface area contributed by atoms with Crippen LogP contribution in [-0.4, -0.2) is 17.5 Å². The number of benzene rings is 3. The van der Waals surface area contributed by atoms with Gasteiger partial charge in [-0.25, -0.2) is 4.57 Å². The molecule has 0 unspecified atom stereocenters. The van der Waals surface area contributed by atoms with E-state index >= 15 is 0 Å². The van der Waals surface area contributed by atoms with Gasteiger partial charge in [0.05, 0.1) is 11.8 Å². The van der Waals surface area contributed by atoms with Gasteiger partial charge >= 0.3 is 4.96 Å². The van der Waals surface area contributed by atoms with E-state index in [0.29, 0.717) is 6.54 Å². The number of carbonyl (C=O) groups excluding carboxylic acids is 1. The van der Waals surface area contributed by atoms with E-state index in [1.54, 1.807) is 18.4 Å². The largest absolute Gasteiger partial charge is 0.497 e. The van der Waals surface area contributed by atoms with E-state index in [0.717, 1.165) is 43.3 Å². The van der Waals surface area contributed by atoms with E-state index in [4.69, 9.17) is 4.74 Å². The Morgan fingerprint density at radius 2 is 1.73 bits per heavy atom. The maximum Gasteiger partial charge on any atom is 0.347 e. The second-order valence-corrected chi connectivity index (χ2v) is 8.32. The van der Waals surface area contributed by atoms with Gasteiger partial charge in [-0.05, 0) is 34.6 Å². The number of ketones is 1. The van der Waals surface area contributed by atoms with Gasteiger partial charge < -0.3 is 4.74 Å². The van der Waals surface area contributed by atoms with Crippen molar-refractivity contribution in [3.05, 3.63) is 90.3 Å². The Labute approximate surface area is 178 Å². The zero-order valence-corrected chi connectivity index (χ0v) is 17.6. The van der Waals surface area contributed by atoms with Gasteiger partial charge in [0.15, 0.2) is 12.1 Å². The lowest BCUT2D eigenvalue weighted by molar-refractivity contribution is -0.476. The quantitative estimate of drug-likeness (QED) is 0.289. The molecule has 4 nitrogen and oxygen atoms in total. The van der Waals surface area contributed by atoms with Crippen molar-refractivity contribution >= 4 is 32.3 Å². The minimum Gasteiger partial charge on any atom is -0.497 e. The van der Waals surface area contributed by atoms with Gasteiger partial charge in [-0.2, -0.15) is 4.40 Å². The topological polar surface area (TPSA) is 35.3 Å². The fourth-order valence-electron chi connectivity index (χ4n) is 3.78. The van der Waals surface area contributed by atoms with Crippen molar-refractivity contribution in [3.63, 3.8) is 0 Å². The molecule has 0 spiro atoms. The molecule has 0 aliphatic rings. The molecule has 0 saturated carbocycles. The molecule has 0 fully saturated rings. The monoisotopic (exact) mass is 413 g/mol. The number of thiazole rings is 1. The van der Waals surface area contributed by atoms with Crippen LogP contribution in [0.25, 0.3) is 26.3 Å². The van der Waals surface area contributed by atoms with Gasteiger partial charge in [0.1, 0.15) is 17.6 Å². The summed E-state index contributed by atoms with van der Waals surface area (Å²) < 4.78 is 10.7. The number of ether oxygens (including phenoxy) is 1. The van der Waals surface area contributed by atoms with Crippen LogP contribution in [0.5, 0.6) is 5.75 Å². The van der Waals surface area contributed by atoms with Gasteiger partial charge in [-0.15, -0.1) is 0 Å². The first-order valence-corrected chi connectivity index (χ1v) is 10.6. The molecule has 0 aliphatic heterocycles. The fourth-order valence-corrected chi connectivity index (χ4v) is 4.99. The second-order valence-electron chi connectivity index (χ2n) is 7.31. The highest BCUT2D eigenvalue weighted by Crippen LogP contribution is 2.27. The fraction of sp³-hybridized carbons (Fsp3) is 0.120. The van der Waals surface area contributed by atoms with Crippen LogP contribution in [-0.2, 0) is 6.54 Å². The molecule has 5 aromatic rings. The van der Waals surface area contributed by atoms with Gasteiger partial charge in [0.2, 0.25) is 5.78 Å². The first-order chi connectivity index (χ1) is 14.6. The van der Waals surface area contributed by atoms with Crippen molar-refractivity contribution in [1.82, 2.24) is 4.57 Å². The molecule has 2 heterocycles. The highest BCUT2D eigenvalue weighted by Gasteiger charge is 2.23. The third-order valence-corrected chi connectivity index (χ3v) is 6.57. The molecular weight excluding hydrogens is 392 g/mol. The van der Waals surface area contributed by atoms with Crippen LogP contribution in [0.4, 0.5) is 0 Å². The summed E-state index contributed by atoms with van der Waals surface area (Å²) >= 11 is 1.67. The lowest BCUT2D eigenvalue weighted by atomic mass is 10.0. The van der Waals surface area contributed by atoms with E-state index in [-0.39, 0.29) is 5.78 Å². The molecule has 0 bridgehead atoms. The number of Topliss-reactive ketones (excluding diaryl/α,β-unsaturated/α-hetero) is 1. The maximum atomic E-state index is 13.0. The molecule has 0 radical (unpaired) electrons.